The zero-order valence-electron chi connectivity index (χ0n) is 25.5. The van der Waals surface area contributed by atoms with Gasteiger partial charge >= 0.3 is 11.9 Å². The van der Waals surface area contributed by atoms with Crippen LogP contribution in [0, 0.1) is 6.92 Å². The minimum Gasteiger partial charge on any atom is -0.507 e. The monoisotopic (exact) mass is 620 g/mol. The van der Waals surface area contributed by atoms with E-state index >= 15 is 0 Å². The van der Waals surface area contributed by atoms with Crippen molar-refractivity contribution in [1.29, 1.82) is 0 Å². The molecule has 0 saturated carbocycles. The minimum atomic E-state index is -1.07. The number of aryl methyl sites for hydroxylation is 1. The molecule has 0 unspecified atom stereocenters. The number of aromatic nitrogens is 1. The van der Waals surface area contributed by atoms with E-state index in [4.69, 9.17) is 18.9 Å². The van der Waals surface area contributed by atoms with Crippen molar-refractivity contribution < 1.29 is 38.4 Å². The van der Waals surface area contributed by atoms with E-state index in [-0.39, 0.29) is 27.4 Å². The number of nitrogens with zero attached hydrogens (tertiary/aromatic N) is 2. The molecular weight excluding hydrogens is 584 g/mol. The molecule has 2 aliphatic rings. The van der Waals surface area contributed by atoms with Crippen molar-refractivity contribution in [1.82, 2.24) is 4.98 Å². The van der Waals surface area contributed by atoms with Crippen LogP contribution in [0.3, 0.4) is 0 Å². The van der Waals surface area contributed by atoms with E-state index in [1.807, 2.05) is 13.8 Å². The van der Waals surface area contributed by atoms with Crippen LogP contribution >= 0.6 is 11.3 Å². The number of unbranched alkanes of at least 4 members (excludes halogenated alkanes) is 2. The Morgan fingerprint density at radius 3 is 2.64 bits per heavy atom. The van der Waals surface area contributed by atoms with Gasteiger partial charge in [-0.05, 0) is 68.7 Å². The third-order valence-electron chi connectivity index (χ3n) is 7.56. The van der Waals surface area contributed by atoms with Gasteiger partial charge in [-0.1, -0.05) is 37.2 Å². The van der Waals surface area contributed by atoms with E-state index < -0.39 is 23.7 Å². The molecule has 0 aliphatic carbocycles. The number of Topliss-reactive ketones (excluding diaryl/α,β-unsaturated/α-hetero) is 1. The standard InChI is InChI=1S/C33H36N2O8S/c1-6-8-9-14-42-24-13-10-20(17-25(24)41-7-2)27-26(28(36)21-11-12-23-22(16-21)15-18(3)43-23)29(37)31(38)35(27)33-34-19(4)30(44-33)32(39)40-5/h10-13,16-18,27,36H,6-9,14-15H2,1-5H3/t18-,27-/m0/s1. The van der Waals surface area contributed by atoms with Crippen LogP contribution in [0.1, 0.15) is 78.1 Å². The van der Waals surface area contributed by atoms with Crippen LogP contribution in [0.5, 0.6) is 17.2 Å². The number of ketones is 1. The van der Waals surface area contributed by atoms with Crippen molar-refractivity contribution >= 4 is 39.9 Å². The highest BCUT2D eigenvalue weighted by molar-refractivity contribution is 7.17. The summed E-state index contributed by atoms with van der Waals surface area (Å²) >= 11 is 0.944. The lowest BCUT2D eigenvalue weighted by Crippen LogP contribution is -2.29. The number of ether oxygens (including phenoxy) is 4. The first-order valence-corrected chi connectivity index (χ1v) is 15.6. The summed E-state index contributed by atoms with van der Waals surface area (Å²) in [6.45, 7) is 8.43. The van der Waals surface area contributed by atoms with Crippen LogP contribution in [0.2, 0.25) is 0 Å². The van der Waals surface area contributed by atoms with Gasteiger partial charge in [0.05, 0.1) is 37.6 Å². The molecule has 0 radical (unpaired) electrons. The second-order valence-corrected chi connectivity index (χ2v) is 11.7. The molecule has 5 rings (SSSR count). The molecule has 11 heteroatoms. The Bertz CT molecular complexity index is 1630. The lowest BCUT2D eigenvalue weighted by Gasteiger charge is -2.24. The minimum absolute atomic E-state index is 0.00943. The summed E-state index contributed by atoms with van der Waals surface area (Å²) in [6, 6.07) is 9.34. The molecule has 1 aromatic heterocycles. The predicted octanol–water partition coefficient (Wildman–Crippen LogP) is 6.16. The van der Waals surface area contributed by atoms with E-state index in [1.165, 1.54) is 12.0 Å². The van der Waals surface area contributed by atoms with Gasteiger partial charge in [0, 0.05) is 12.0 Å². The van der Waals surface area contributed by atoms with Gasteiger partial charge in [0.1, 0.15) is 22.5 Å². The maximum atomic E-state index is 13.7. The van der Waals surface area contributed by atoms with Crippen molar-refractivity contribution in [2.24, 2.45) is 0 Å². The number of thiazole rings is 1. The normalized spacial score (nSPS) is 18.7. The average Bonchev–Trinajstić information content (AvgIpc) is 3.66. The highest BCUT2D eigenvalue weighted by Gasteiger charge is 2.49. The zero-order chi connectivity index (χ0) is 31.5. The van der Waals surface area contributed by atoms with Gasteiger partial charge in [0.2, 0.25) is 0 Å². The first-order valence-electron chi connectivity index (χ1n) is 14.7. The van der Waals surface area contributed by atoms with Gasteiger partial charge in [0.15, 0.2) is 16.6 Å². The first kappa shape index (κ1) is 31.1. The van der Waals surface area contributed by atoms with Gasteiger partial charge in [0.25, 0.3) is 5.78 Å². The number of hydrogen-bond donors (Lipinski definition) is 1. The quantitative estimate of drug-likeness (QED) is 0.0883. The summed E-state index contributed by atoms with van der Waals surface area (Å²) in [5.41, 5.74) is 2.04. The van der Waals surface area contributed by atoms with Crippen LogP contribution in [0.15, 0.2) is 42.0 Å². The fraction of sp³-hybridized carbons (Fsp3) is 0.394. The maximum Gasteiger partial charge on any atom is 0.350 e. The molecule has 1 amide bonds. The molecule has 44 heavy (non-hydrogen) atoms. The number of methoxy groups -OCH3 is 1. The molecule has 2 aromatic carbocycles. The molecular formula is C33H36N2O8S. The Hall–Kier alpha value is -4.38. The number of anilines is 1. The Labute approximate surface area is 260 Å². The van der Waals surface area contributed by atoms with E-state index in [2.05, 4.69) is 11.9 Å². The van der Waals surface area contributed by atoms with Crippen LogP contribution in [-0.2, 0) is 20.7 Å². The zero-order valence-corrected chi connectivity index (χ0v) is 26.3. The van der Waals surface area contributed by atoms with Gasteiger partial charge in [-0.3, -0.25) is 14.5 Å². The van der Waals surface area contributed by atoms with Crippen molar-refractivity contribution in [2.45, 2.75) is 65.5 Å². The molecule has 1 N–H and O–H groups in total. The first-order chi connectivity index (χ1) is 21.2. The summed E-state index contributed by atoms with van der Waals surface area (Å²) in [4.78, 5) is 45.8. The number of hydrogen-bond acceptors (Lipinski definition) is 10. The fourth-order valence-electron chi connectivity index (χ4n) is 5.45. The second kappa shape index (κ2) is 13.1. The van der Waals surface area contributed by atoms with Gasteiger partial charge in [-0.15, -0.1) is 0 Å². The number of amides is 1. The number of carbonyl (C=O) groups is 3. The molecule has 3 heterocycles. The number of esters is 1. The largest absolute Gasteiger partial charge is 0.507 e. The summed E-state index contributed by atoms with van der Waals surface area (Å²) in [6.07, 6.45) is 3.62. The number of aliphatic hydroxyl groups excluding tert-OH is 1. The fourth-order valence-corrected chi connectivity index (χ4v) is 6.47. The molecule has 2 aliphatic heterocycles. The number of rotatable bonds is 11. The summed E-state index contributed by atoms with van der Waals surface area (Å²) in [5.74, 6) is -0.971. The number of fused-ring (bicyclic) bond motifs is 1. The molecule has 1 saturated heterocycles. The maximum absolute atomic E-state index is 13.7. The number of benzene rings is 2. The lowest BCUT2D eigenvalue weighted by atomic mass is 9.94. The summed E-state index contributed by atoms with van der Waals surface area (Å²) < 4.78 is 22.6. The lowest BCUT2D eigenvalue weighted by molar-refractivity contribution is -0.132. The van der Waals surface area contributed by atoms with Gasteiger partial charge in [-0.25, -0.2) is 9.78 Å². The van der Waals surface area contributed by atoms with Gasteiger partial charge in [-0.2, -0.15) is 0 Å². The van der Waals surface area contributed by atoms with E-state index in [0.717, 1.165) is 41.9 Å². The van der Waals surface area contributed by atoms with Gasteiger partial charge < -0.3 is 24.1 Å². The highest BCUT2D eigenvalue weighted by Crippen LogP contribution is 2.46. The summed E-state index contributed by atoms with van der Waals surface area (Å²) in [5, 5.41) is 11.8. The molecule has 0 spiro atoms. The average molecular weight is 621 g/mol. The molecule has 0 bridgehead atoms. The molecule has 3 aromatic rings. The van der Waals surface area contributed by atoms with Crippen molar-refractivity contribution in [3.63, 3.8) is 0 Å². The van der Waals surface area contributed by atoms with Crippen LogP contribution in [0.4, 0.5) is 5.13 Å². The van der Waals surface area contributed by atoms with E-state index in [1.54, 1.807) is 43.3 Å². The Balaban J connectivity index is 1.65. The smallest absolute Gasteiger partial charge is 0.350 e. The highest BCUT2D eigenvalue weighted by atomic mass is 32.1. The Morgan fingerprint density at radius 2 is 1.91 bits per heavy atom. The third-order valence-corrected chi connectivity index (χ3v) is 8.70. The van der Waals surface area contributed by atoms with Crippen LogP contribution in [0.25, 0.3) is 5.76 Å². The Kier molecular flexibility index (Phi) is 9.24. The second-order valence-electron chi connectivity index (χ2n) is 10.7. The SMILES string of the molecule is CCCCCOc1ccc([C@H]2C(=C(O)c3ccc4c(c3)C[C@H](C)O4)C(=O)C(=O)N2c2nc(C)c(C(=O)OC)s2)cc1OCC. The van der Waals surface area contributed by atoms with E-state index in [0.29, 0.717) is 48.0 Å². The van der Waals surface area contributed by atoms with Crippen molar-refractivity contribution in [3.05, 3.63) is 69.2 Å². The number of aliphatic hydroxyl groups is 1. The van der Waals surface area contributed by atoms with Crippen molar-refractivity contribution in [2.75, 3.05) is 25.2 Å². The molecule has 1 fully saturated rings. The van der Waals surface area contributed by atoms with E-state index in [9.17, 15) is 19.5 Å². The number of carbonyl (C=O) groups excluding carboxylic acids is 3. The molecule has 10 nitrogen and oxygen atoms in total. The Morgan fingerprint density at radius 1 is 1.11 bits per heavy atom. The third kappa shape index (κ3) is 5.88. The molecule has 2 atom stereocenters. The molecule has 232 valence electrons. The predicted molar refractivity (Wildman–Crippen MR) is 166 cm³/mol. The van der Waals surface area contributed by atoms with Crippen molar-refractivity contribution in [3.8, 4) is 17.2 Å². The van der Waals surface area contributed by atoms with Crippen LogP contribution in [-0.4, -0.2) is 54.2 Å². The topological polar surface area (TPSA) is 124 Å². The van der Waals surface area contributed by atoms with Crippen LogP contribution < -0.4 is 19.1 Å². The summed E-state index contributed by atoms with van der Waals surface area (Å²) in [7, 11) is 1.26.